The summed E-state index contributed by atoms with van der Waals surface area (Å²) in [6.45, 7) is 2.29. The quantitative estimate of drug-likeness (QED) is 0.870. The van der Waals surface area contributed by atoms with Crippen LogP contribution in [0.2, 0.25) is 0 Å². The van der Waals surface area contributed by atoms with Crippen molar-refractivity contribution in [3.63, 3.8) is 0 Å². The molecule has 3 atom stereocenters. The van der Waals surface area contributed by atoms with Crippen LogP contribution in [0.3, 0.4) is 0 Å². The molecule has 0 aliphatic carbocycles. The van der Waals surface area contributed by atoms with E-state index in [1.807, 2.05) is 18.2 Å². The maximum atomic E-state index is 13.2. The molecule has 0 spiro atoms. The van der Waals surface area contributed by atoms with E-state index in [4.69, 9.17) is 4.74 Å². The van der Waals surface area contributed by atoms with Gasteiger partial charge in [0.05, 0.1) is 12.0 Å². The number of amides is 1. The Morgan fingerprint density at radius 2 is 2.13 bits per heavy atom. The maximum Gasteiger partial charge on any atom is 0.229 e. The molecule has 23 heavy (non-hydrogen) atoms. The van der Waals surface area contributed by atoms with Crippen molar-refractivity contribution in [2.75, 3.05) is 26.8 Å². The minimum Gasteiger partial charge on any atom is -0.385 e. The number of carbonyl (C=O) groups is 1. The Hall–Kier alpha value is -1.43. The van der Waals surface area contributed by atoms with Gasteiger partial charge in [-0.1, -0.05) is 30.3 Å². The summed E-state index contributed by atoms with van der Waals surface area (Å²) in [5.74, 6) is 0.234. The van der Waals surface area contributed by atoms with E-state index in [-0.39, 0.29) is 17.9 Å². The van der Waals surface area contributed by atoms with Crippen LogP contribution in [-0.2, 0) is 9.53 Å². The minimum atomic E-state index is -0.0412. The maximum absolute atomic E-state index is 13.2. The molecule has 2 N–H and O–H groups in total. The first-order valence-electron chi connectivity index (χ1n) is 8.64. The summed E-state index contributed by atoms with van der Waals surface area (Å²) in [6, 6.07) is 10.6. The summed E-state index contributed by atoms with van der Waals surface area (Å²) in [4.78, 5) is 15.3. The molecule has 0 radical (unpaired) electrons. The number of hydrogen-bond donors (Lipinski definition) is 2. The average Bonchev–Trinajstić information content (AvgIpc) is 3.10. The number of nitrogens with zero attached hydrogens (tertiary/aromatic N) is 1. The zero-order chi connectivity index (χ0) is 16.1. The first-order valence-corrected chi connectivity index (χ1v) is 8.64. The number of hydrazine groups is 1. The van der Waals surface area contributed by atoms with Gasteiger partial charge in [-0.05, 0) is 31.2 Å². The van der Waals surface area contributed by atoms with Crippen molar-refractivity contribution in [1.82, 2.24) is 15.8 Å². The van der Waals surface area contributed by atoms with Crippen LogP contribution in [0, 0.1) is 5.92 Å². The standard InChI is InChI=1S/C18H27N3O2/c1-23-12-10-15-9-5-6-11-21(15)18(22)16-13-19-20-17(16)14-7-3-2-4-8-14/h2-4,7-8,15-17,19-20H,5-6,9-13H2,1H3. The van der Waals surface area contributed by atoms with Gasteiger partial charge in [0.25, 0.3) is 0 Å². The molecule has 2 heterocycles. The summed E-state index contributed by atoms with van der Waals surface area (Å²) < 4.78 is 5.23. The fourth-order valence-corrected chi connectivity index (χ4v) is 3.76. The molecule has 1 aromatic carbocycles. The lowest BCUT2D eigenvalue weighted by Crippen LogP contribution is -2.48. The van der Waals surface area contributed by atoms with Crippen LogP contribution in [0.15, 0.2) is 30.3 Å². The second kappa shape index (κ2) is 7.90. The van der Waals surface area contributed by atoms with E-state index in [2.05, 4.69) is 27.9 Å². The number of rotatable bonds is 5. The highest BCUT2D eigenvalue weighted by Gasteiger charge is 2.38. The topological polar surface area (TPSA) is 53.6 Å². The number of ether oxygens (including phenoxy) is 1. The number of carbonyl (C=O) groups excluding carboxylic acids is 1. The van der Waals surface area contributed by atoms with Gasteiger partial charge in [-0.15, -0.1) is 0 Å². The number of benzene rings is 1. The van der Waals surface area contributed by atoms with Crippen molar-refractivity contribution in [2.45, 2.75) is 37.8 Å². The van der Waals surface area contributed by atoms with Crippen molar-refractivity contribution >= 4 is 5.91 Å². The Morgan fingerprint density at radius 1 is 1.30 bits per heavy atom. The molecule has 1 aromatic rings. The van der Waals surface area contributed by atoms with Crippen LogP contribution in [0.4, 0.5) is 0 Å². The Bertz CT molecular complexity index is 508. The van der Waals surface area contributed by atoms with Gasteiger partial charge in [0.2, 0.25) is 5.91 Å². The lowest BCUT2D eigenvalue weighted by atomic mass is 9.91. The van der Waals surface area contributed by atoms with Crippen molar-refractivity contribution in [3.8, 4) is 0 Å². The molecule has 2 aliphatic heterocycles. The molecule has 0 saturated carbocycles. The third-order valence-corrected chi connectivity index (χ3v) is 5.02. The van der Waals surface area contributed by atoms with Gasteiger partial charge in [-0.25, -0.2) is 5.43 Å². The molecule has 0 aromatic heterocycles. The Kier molecular flexibility index (Phi) is 5.65. The highest BCUT2D eigenvalue weighted by atomic mass is 16.5. The molecule has 3 unspecified atom stereocenters. The highest BCUT2D eigenvalue weighted by Crippen LogP contribution is 2.29. The molecule has 2 saturated heterocycles. The van der Waals surface area contributed by atoms with E-state index < -0.39 is 0 Å². The fourth-order valence-electron chi connectivity index (χ4n) is 3.76. The number of hydrogen-bond acceptors (Lipinski definition) is 4. The largest absolute Gasteiger partial charge is 0.385 e. The molecule has 5 nitrogen and oxygen atoms in total. The van der Waals surface area contributed by atoms with Crippen molar-refractivity contribution in [3.05, 3.63) is 35.9 Å². The molecular weight excluding hydrogens is 290 g/mol. The van der Waals surface area contributed by atoms with Crippen LogP contribution in [-0.4, -0.2) is 43.7 Å². The van der Waals surface area contributed by atoms with Crippen molar-refractivity contribution in [1.29, 1.82) is 0 Å². The smallest absolute Gasteiger partial charge is 0.229 e. The van der Waals surface area contributed by atoms with Gasteiger partial charge in [-0.3, -0.25) is 10.2 Å². The highest BCUT2D eigenvalue weighted by molar-refractivity contribution is 5.81. The first kappa shape index (κ1) is 16.4. The van der Waals surface area contributed by atoms with Crippen LogP contribution in [0.1, 0.15) is 37.3 Å². The Morgan fingerprint density at radius 3 is 2.91 bits per heavy atom. The average molecular weight is 317 g/mol. The summed E-state index contributed by atoms with van der Waals surface area (Å²) in [6.07, 6.45) is 4.35. The summed E-state index contributed by atoms with van der Waals surface area (Å²) >= 11 is 0. The van der Waals surface area contributed by atoms with E-state index >= 15 is 0 Å². The number of piperidine rings is 1. The van der Waals surface area contributed by atoms with Crippen LogP contribution in [0.25, 0.3) is 0 Å². The van der Waals surface area contributed by atoms with E-state index in [9.17, 15) is 4.79 Å². The summed E-state index contributed by atoms with van der Waals surface area (Å²) in [5, 5.41) is 0. The van der Waals surface area contributed by atoms with Crippen molar-refractivity contribution < 1.29 is 9.53 Å². The lowest BCUT2D eigenvalue weighted by Gasteiger charge is -2.38. The molecule has 2 fully saturated rings. The van der Waals surface area contributed by atoms with E-state index in [0.29, 0.717) is 12.6 Å². The van der Waals surface area contributed by atoms with E-state index in [1.54, 1.807) is 7.11 Å². The second-order valence-electron chi connectivity index (χ2n) is 6.48. The number of likely N-dealkylation sites (tertiary alicyclic amines) is 1. The van der Waals surface area contributed by atoms with Gasteiger partial charge in [0.1, 0.15) is 0 Å². The molecule has 126 valence electrons. The van der Waals surface area contributed by atoms with Crippen molar-refractivity contribution in [2.24, 2.45) is 5.92 Å². The summed E-state index contributed by atoms with van der Waals surface area (Å²) in [7, 11) is 1.73. The van der Waals surface area contributed by atoms with Gasteiger partial charge in [0, 0.05) is 32.8 Å². The van der Waals surface area contributed by atoms with Gasteiger partial charge < -0.3 is 9.64 Å². The van der Waals surface area contributed by atoms with E-state index in [0.717, 1.165) is 32.4 Å². The number of methoxy groups -OCH3 is 1. The van der Waals surface area contributed by atoms with Gasteiger partial charge >= 0.3 is 0 Å². The fraction of sp³-hybridized carbons (Fsp3) is 0.611. The summed E-state index contributed by atoms with van der Waals surface area (Å²) in [5.41, 5.74) is 7.62. The lowest BCUT2D eigenvalue weighted by molar-refractivity contribution is -0.139. The minimum absolute atomic E-state index is 0.0412. The van der Waals surface area contributed by atoms with Gasteiger partial charge in [0.15, 0.2) is 0 Å². The molecule has 0 bridgehead atoms. The van der Waals surface area contributed by atoms with Crippen LogP contribution < -0.4 is 10.9 Å². The van der Waals surface area contributed by atoms with Crippen LogP contribution >= 0.6 is 0 Å². The first-order chi connectivity index (χ1) is 11.3. The Labute approximate surface area is 138 Å². The third kappa shape index (κ3) is 3.74. The molecule has 2 aliphatic rings. The zero-order valence-corrected chi connectivity index (χ0v) is 13.8. The number of nitrogens with one attached hydrogen (secondary N) is 2. The molecule has 3 rings (SSSR count). The normalized spacial score (nSPS) is 28.0. The van der Waals surface area contributed by atoms with E-state index in [1.165, 1.54) is 12.0 Å². The predicted molar refractivity (Wildman–Crippen MR) is 89.7 cm³/mol. The second-order valence-corrected chi connectivity index (χ2v) is 6.48. The molecule has 1 amide bonds. The predicted octanol–water partition coefficient (Wildman–Crippen LogP) is 1.87. The monoisotopic (exact) mass is 317 g/mol. The molecular formula is C18H27N3O2. The Balaban J connectivity index is 1.72. The van der Waals surface area contributed by atoms with Gasteiger partial charge in [-0.2, -0.15) is 0 Å². The SMILES string of the molecule is COCCC1CCCCN1C(=O)C1CNNC1c1ccccc1. The molecule has 5 heteroatoms. The third-order valence-electron chi connectivity index (χ3n) is 5.02. The zero-order valence-electron chi connectivity index (χ0n) is 13.8. The van der Waals surface area contributed by atoms with Crippen LogP contribution in [0.5, 0.6) is 0 Å².